The van der Waals surface area contributed by atoms with E-state index in [9.17, 15) is 0 Å². The first-order chi connectivity index (χ1) is 4.79. The van der Waals surface area contributed by atoms with Gasteiger partial charge in [-0.1, -0.05) is 24.6 Å². The molecule has 1 aliphatic carbocycles. The lowest BCUT2D eigenvalue weighted by molar-refractivity contribution is 0.305. The van der Waals surface area contributed by atoms with E-state index >= 15 is 0 Å². The Hall–Kier alpha value is -0.0100. The Morgan fingerprint density at radius 1 is 1.60 bits per heavy atom. The molecule has 0 aromatic heterocycles. The van der Waals surface area contributed by atoms with Crippen LogP contribution in [0.2, 0.25) is 0 Å². The second-order valence-electron chi connectivity index (χ2n) is 2.95. The topological polar surface area (TPSA) is 12.0 Å². The largest absolute Gasteiger partial charge is 0.312 e. The average molecular weight is 160 g/mol. The maximum absolute atomic E-state index is 5.57. The minimum Gasteiger partial charge on any atom is -0.312 e. The fourth-order valence-corrected chi connectivity index (χ4v) is 1.20. The van der Waals surface area contributed by atoms with Crippen molar-refractivity contribution < 1.29 is 0 Å². The summed E-state index contributed by atoms with van der Waals surface area (Å²) < 4.78 is 0. The van der Waals surface area contributed by atoms with Gasteiger partial charge < -0.3 is 5.32 Å². The molecule has 0 spiro atoms. The van der Waals surface area contributed by atoms with Crippen LogP contribution in [0.3, 0.4) is 0 Å². The SMILES string of the molecule is C=C(Cl)CNCC1CCC1. The zero-order valence-corrected chi connectivity index (χ0v) is 6.95. The predicted octanol–water partition coefficient (Wildman–Crippen LogP) is 2.13. The molecule has 1 fully saturated rings. The molecule has 0 saturated heterocycles. The van der Waals surface area contributed by atoms with Gasteiger partial charge in [0.05, 0.1) is 0 Å². The summed E-state index contributed by atoms with van der Waals surface area (Å²) in [7, 11) is 0. The number of hydrogen-bond donors (Lipinski definition) is 1. The van der Waals surface area contributed by atoms with Gasteiger partial charge >= 0.3 is 0 Å². The van der Waals surface area contributed by atoms with Crippen molar-refractivity contribution in [2.75, 3.05) is 13.1 Å². The van der Waals surface area contributed by atoms with Crippen LogP contribution in [0.15, 0.2) is 11.6 Å². The van der Waals surface area contributed by atoms with E-state index in [1.807, 2.05) is 0 Å². The van der Waals surface area contributed by atoms with Crippen LogP contribution in [-0.2, 0) is 0 Å². The second-order valence-corrected chi connectivity index (χ2v) is 3.48. The van der Waals surface area contributed by atoms with Crippen molar-refractivity contribution in [3.8, 4) is 0 Å². The first kappa shape index (κ1) is 8.09. The Kier molecular flexibility index (Phi) is 3.23. The molecule has 1 rings (SSSR count). The molecule has 0 atom stereocenters. The summed E-state index contributed by atoms with van der Waals surface area (Å²) in [5.74, 6) is 0.913. The molecule has 0 radical (unpaired) electrons. The molecular weight excluding hydrogens is 146 g/mol. The van der Waals surface area contributed by atoms with E-state index in [1.165, 1.54) is 19.3 Å². The van der Waals surface area contributed by atoms with E-state index in [0.717, 1.165) is 19.0 Å². The van der Waals surface area contributed by atoms with Gasteiger partial charge in [0.1, 0.15) is 0 Å². The Bertz CT molecular complexity index is 118. The zero-order valence-electron chi connectivity index (χ0n) is 6.20. The van der Waals surface area contributed by atoms with E-state index in [4.69, 9.17) is 11.6 Å². The van der Waals surface area contributed by atoms with Crippen LogP contribution in [-0.4, -0.2) is 13.1 Å². The third kappa shape index (κ3) is 2.72. The van der Waals surface area contributed by atoms with E-state index in [-0.39, 0.29) is 0 Å². The molecule has 58 valence electrons. The molecule has 0 aromatic rings. The first-order valence-corrected chi connectivity index (χ1v) is 4.21. The molecule has 1 aliphatic rings. The highest BCUT2D eigenvalue weighted by Crippen LogP contribution is 2.25. The highest BCUT2D eigenvalue weighted by Gasteiger charge is 2.15. The number of nitrogens with one attached hydrogen (secondary N) is 1. The van der Waals surface area contributed by atoms with Crippen molar-refractivity contribution in [1.29, 1.82) is 0 Å². The van der Waals surface area contributed by atoms with E-state index in [1.54, 1.807) is 0 Å². The van der Waals surface area contributed by atoms with Crippen LogP contribution in [0.25, 0.3) is 0 Å². The van der Waals surface area contributed by atoms with Crippen molar-refractivity contribution in [2.45, 2.75) is 19.3 Å². The molecule has 0 bridgehead atoms. The third-order valence-electron chi connectivity index (χ3n) is 1.97. The van der Waals surface area contributed by atoms with Crippen LogP contribution in [0, 0.1) is 5.92 Å². The van der Waals surface area contributed by atoms with Crippen molar-refractivity contribution in [3.63, 3.8) is 0 Å². The predicted molar refractivity (Wildman–Crippen MR) is 45.2 cm³/mol. The average Bonchev–Trinajstić information content (AvgIpc) is 1.75. The normalized spacial score (nSPS) is 18.5. The Labute approximate surface area is 67.5 Å². The summed E-state index contributed by atoms with van der Waals surface area (Å²) in [6.07, 6.45) is 4.19. The standard InChI is InChI=1S/C8H14ClN/c1-7(9)5-10-6-8-3-2-4-8/h8,10H,1-6H2. The van der Waals surface area contributed by atoms with Crippen molar-refractivity contribution in [1.82, 2.24) is 5.32 Å². The summed E-state index contributed by atoms with van der Waals surface area (Å²) >= 11 is 5.57. The molecule has 0 heterocycles. The van der Waals surface area contributed by atoms with Gasteiger partial charge in [-0.15, -0.1) is 0 Å². The summed E-state index contributed by atoms with van der Waals surface area (Å²) in [4.78, 5) is 0. The molecule has 0 aromatic carbocycles. The van der Waals surface area contributed by atoms with Gasteiger partial charge in [-0.05, 0) is 25.3 Å². The molecule has 0 unspecified atom stereocenters. The molecule has 1 nitrogen and oxygen atoms in total. The monoisotopic (exact) mass is 159 g/mol. The van der Waals surface area contributed by atoms with Gasteiger partial charge in [0.15, 0.2) is 0 Å². The molecule has 0 aliphatic heterocycles. The van der Waals surface area contributed by atoms with Gasteiger partial charge in [0.25, 0.3) is 0 Å². The minimum absolute atomic E-state index is 0.708. The Morgan fingerprint density at radius 2 is 2.30 bits per heavy atom. The van der Waals surface area contributed by atoms with Crippen LogP contribution < -0.4 is 5.32 Å². The van der Waals surface area contributed by atoms with Gasteiger partial charge in [-0.2, -0.15) is 0 Å². The maximum atomic E-state index is 5.57. The van der Waals surface area contributed by atoms with Gasteiger partial charge in [0, 0.05) is 11.6 Å². The second kappa shape index (κ2) is 3.99. The first-order valence-electron chi connectivity index (χ1n) is 3.83. The van der Waals surface area contributed by atoms with E-state index in [0.29, 0.717) is 5.03 Å². The van der Waals surface area contributed by atoms with E-state index < -0.39 is 0 Å². The van der Waals surface area contributed by atoms with Gasteiger partial charge in [-0.3, -0.25) is 0 Å². The minimum atomic E-state index is 0.708. The maximum Gasteiger partial charge on any atom is 0.0307 e. The van der Waals surface area contributed by atoms with E-state index in [2.05, 4.69) is 11.9 Å². The number of hydrogen-bond acceptors (Lipinski definition) is 1. The lowest BCUT2D eigenvalue weighted by Gasteiger charge is -2.25. The summed E-state index contributed by atoms with van der Waals surface area (Å²) in [5.41, 5.74) is 0. The van der Waals surface area contributed by atoms with Gasteiger partial charge in [0.2, 0.25) is 0 Å². The van der Waals surface area contributed by atoms with Gasteiger partial charge in [-0.25, -0.2) is 0 Å². The smallest absolute Gasteiger partial charge is 0.0307 e. The summed E-state index contributed by atoms with van der Waals surface area (Å²) in [6, 6.07) is 0. The van der Waals surface area contributed by atoms with Crippen LogP contribution >= 0.6 is 11.6 Å². The third-order valence-corrected chi connectivity index (χ3v) is 2.11. The molecule has 2 heteroatoms. The molecule has 10 heavy (non-hydrogen) atoms. The fourth-order valence-electron chi connectivity index (χ4n) is 1.11. The summed E-state index contributed by atoms with van der Waals surface area (Å²) in [6.45, 7) is 5.48. The van der Waals surface area contributed by atoms with Crippen LogP contribution in [0.5, 0.6) is 0 Å². The molecule has 1 N–H and O–H groups in total. The lowest BCUT2D eigenvalue weighted by Crippen LogP contribution is -2.27. The molecule has 1 saturated carbocycles. The fraction of sp³-hybridized carbons (Fsp3) is 0.750. The quantitative estimate of drug-likeness (QED) is 0.663. The molecular formula is C8H14ClN. The van der Waals surface area contributed by atoms with Crippen LogP contribution in [0.1, 0.15) is 19.3 Å². The Morgan fingerprint density at radius 3 is 2.70 bits per heavy atom. The molecule has 0 amide bonds. The van der Waals surface area contributed by atoms with Crippen molar-refractivity contribution >= 4 is 11.6 Å². The highest BCUT2D eigenvalue weighted by molar-refractivity contribution is 6.29. The Balaban J connectivity index is 1.89. The lowest BCUT2D eigenvalue weighted by atomic mass is 9.85. The number of rotatable bonds is 4. The zero-order chi connectivity index (χ0) is 7.40. The van der Waals surface area contributed by atoms with Crippen molar-refractivity contribution in [2.24, 2.45) is 5.92 Å². The number of halogens is 1. The summed E-state index contributed by atoms with van der Waals surface area (Å²) in [5, 5.41) is 3.96. The highest BCUT2D eigenvalue weighted by atomic mass is 35.5. The van der Waals surface area contributed by atoms with Crippen LogP contribution in [0.4, 0.5) is 0 Å². The van der Waals surface area contributed by atoms with Crippen molar-refractivity contribution in [3.05, 3.63) is 11.6 Å².